The molecule has 2 unspecified atom stereocenters. The average Bonchev–Trinajstić information content (AvgIpc) is 2.70. The maximum Gasteiger partial charge on any atom is 0.163 e. The van der Waals surface area contributed by atoms with Crippen LogP contribution in [0.5, 0.6) is 0 Å². The van der Waals surface area contributed by atoms with Crippen LogP contribution >= 0.6 is 0 Å². The third-order valence-corrected chi connectivity index (χ3v) is 4.07. The summed E-state index contributed by atoms with van der Waals surface area (Å²) in [5.74, 6) is -0.439. The van der Waals surface area contributed by atoms with Crippen molar-refractivity contribution in [2.45, 2.75) is 59.5 Å². The molecule has 0 aromatic heterocycles. The molecule has 2 rings (SSSR count). The Hall–Kier alpha value is -0.900. The topological polar surface area (TPSA) is 30.5 Å². The second kappa shape index (κ2) is 5.84. The average molecular weight is 277 g/mol. The minimum absolute atomic E-state index is 0.138. The summed E-state index contributed by atoms with van der Waals surface area (Å²) in [7, 11) is 0. The largest absolute Gasteiger partial charge is 0.348 e. The molecule has 0 amide bonds. The zero-order valence-corrected chi connectivity index (χ0v) is 13.5. The first-order chi connectivity index (χ1) is 9.28. The predicted molar refractivity (Wildman–Crippen MR) is 82.0 cm³/mol. The summed E-state index contributed by atoms with van der Waals surface area (Å²) in [5.41, 5.74) is 5.41. The second-order valence-electron chi connectivity index (χ2n) is 6.37. The van der Waals surface area contributed by atoms with Gasteiger partial charge in [-0.05, 0) is 63.8 Å². The van der Waals surface area contributed by atoms with Gasteiger partial charge in [-0.1, -0.05) is 12.1 Å². The predicted octanol–water partition coefficient (Wildman–Crippen LogP) is 3.41. The van der Waals surface area contributed by atoms with Crippen molar-refractivity contribution >= 4 is 0 Å². The molecule has 1 aliphatic rings. The fraction of sp³-hybridized carbons (Fsp3) is 0.647. The minimum Gasteiger partial charge on any atom is -0.348 e. The lowest BCUT2D eigenvalue weighted by Crippen LogP contribution is -2.32. The second-order valence-corrected chi connectivity index (χ2v) is 6.37. The maximum atomic E-state index is 5.82. The third kappa shape index (κ3) is 3.60. The van der Waals surface area contributed by atoms with E-state index in [9.17, 15) is 0 Å². The molecule has 0 spiro atoms. The van der Waals surface area contributed by atoms with Crippen LogP contribution in [0.2, 0.25) is 0 Å². The van der Waals surface area contributed by atoms with E-state index in [-0.39, 0.29) is 6.10 Å². The zero-order chi connectivity index (χ0) is 14.9. The molecule has 20 heavy (non-hydrogen) atoms. The van der Waals surface area contributed by atoms with Gasteiger partial charge in [0.2, 0.25) is 0 Å². The molecular weight excluding hydrogens is 250 g/mol. The van der Waals surface area contributed by atoms with Gasteiger partial charge in [0.05, 0.1) is 12.7 Å². The Labute approximate surface area is 122 Å². The highest BCUT2D eigenvalue weighted by molar-refractivity contribution is 5.38. The molecule has 0 saturated carbocycles. The van der Waals surface area contributed by atoms with Gasteiger partial charge in [0, 0.05) is 12.6 Å². The van der Waals surface area contributed by atoms with Crippen LogP contribution in [-0.2, 0) is 9.47 Å². The number of benzene rings is 1. The van der Waals surface area contributed by atoms with Crippen LogP contribution in [0.15, 0.2) is 12.1 Å². The van der Waals surface area contributed by atoms with E-state index in [0.29, 0.717) is 12.6 Å². The van der Waals surface area contributed by atoms with E-state index in [0.717, 1.165) is 6.54 Å². The Morgan fingerprint density at radius 1 is 1.20 bits per heavy atom. The van der Waals surface area contributed by atoms with Crippen molar-refractivity contribution in [3.05, 3.63) is 34.4 Å². The van der Waals surface area contributed by atoms with E-state index < -0.39 is 5.79 Å². The van der Waals surface area contributed by atoms with Crippen LogP contribution in [0.25, 0.3) is 0 Å². The Balaban J connectivity index is 1.95. The SMILES string of the molecule is Cc1cc(C)c(C(C)NCC2COC(C)(C)O2)cc1C. The summed E-state index contributed by atoms with van der Waals surface area (Å²) < 4.78 is 11.4. The highest BCUT2D eigenvalue weighted by Crippen LogP contribution is 2.24. The number of aryl methyl sites for hydroxylation is 3. The first kappa shape index (κ1) is 15.5. The Bertz CT molecular complexity index is 482. The van der Waals surface area contributed by atoms with E-state index in [1.165, 1.54) is 22.3 Å². The van der Waals surface area contributed by atoms with E-state index in [1.807, 2.05) is 13.8 Å². The zero-order valence-electron chi connectivity index (χ0n) is 13.5. The third-order valence-electron chi connectivity index (χ3n) is 4.07. The highest BCUT2D eigenvalue weighted by Gasteiger charge is 2.32. The first-order valence-electron chi connectivity index (χ1n) is 7.41. The molecule has 2 atom stereocenters. The molecule has 0 aliphatic carbocycles. The summed E-state index contributed by atoms with van der Waals surface area (Å²) in [4.78, 5) is 0. The molecule has 1 saturated heterocycles. The summed E-state index contributed by atoms with van der Waals surface area (Å²) in [6.07, 6.45) is 0.138. The molecule has 3 heteroatoms. The van der Waals surface area contributed by atoms with Crippen molar-refractivity contribution < 1.29 is 9.47 Å². The van der Waals surface area contributed by atoms with Gasteiger partial charge in [0.15, 0.2) is 5.79 Å². The van der Waals surface area contributed by atoms with Crippen LogP contribution in [-0.4, -0.2) is 25.0 Å². The van der Waals surface area contributed by atoms with Crippen LogP contribution in [0, 0.1) is 20.8 Å². The molecule has 1 aromatic rings. The lowest BCUT2D eigenvalue weighted by molar-refractivity contribution is -0.137. The molecule has 3 nitrogen and oxygen atoms in total. The van der Waals surface area contributed by atoms with Crippen molar-refractivity contribution in [1.29, 1.82) is 0 Å². The summed E-state index contributed by atoms with van der Waals surface area (Å²) in [6.45, 7) is 14.1. The monoisotopic (exact) mass is 277 g/mol. The standard InChI is InChI=1S/C17H27NO2/c1-11-7-13(3)16(8-12(11)2)14(4)18-9-15-10-19-17(5,6)20-15/h7-8,14-15,18H,9-10H2,1-6H3. The highest BCUT2D eigenvalue weighted by atomic mass is 16.7. The smallest absolute Gasteiger partial charge is 0.163 e. The number of hydrogen-bond donors (Lipinski definition) is 1. The van der Waals surface area contributed by atoms with Gasteiger partial charge in [0.1, 0.15) is 0 Å². The fourth-order valence-corrected chi connectivity index (χ4v) is 2.73. The quantitative estimate of drug-likeness (QED) is 0.915. The van der Waals surface area contributed by atoms with Crippen LogP contribution in [0.3, 0.4) is 0 Å². The van der Waals surface area contributed by atoms with Crippen LogP contribution in [0.1, 0.15) is 49.1 Å². The molecule has 1 aromatic carbocycles. The van der Waals surface area contributed by atoms with Crippen LogP contribution < -0.4 is 5.32 Å². The molecule has 1 heterocycles. The van der Waals surface area contributed by atoms with Gasteiger partial charge >= 0.3 is 0 Å². The van der Waals surface area contributed by atoms with E-state index in [2.05, 4.69) is 45.1 Å². The molecule has 112 valence electrons. The molecular formula is C17H27NO2. The number of nitrogens with one attached hydrogen (secondary N) is 1. The van der Waals surface area contributed by atoms with Gasteiger partial charge in [-0.3, -0.25) is 0 Å². The summed E-state index contributed by atoms with van der Waals surface area (Å²) in [5, 5.41) is 3.56. The lowest BCUT2D eigenvalue weighted by Gasteiger charge is -2.21. The molecule has 0 bridgehead atoms. The van der Waals surface area contributed by atoms with Gasteiger partial charge in [-0.25, -0.2) is 0 Å². The van der Waals surface area contributed by atoms with Crippen LogP contribution in [0.4, 0.5) is 0 Å². The number of hydrogen-bond acceptors (Lipinski definition) is 3. The van der Waals surface area contributed by atoms with Gasteiger partial charge in [-0.15, -0.1) is 0 Å². The Kier molecular flexibility index (Phi) is 4.52. The molecule has 1 aliphatic heterocycles. The molecule has 1 N–H and O–H groups in total. The summed E-state index contributed by atoms with van der Waals surface area (Å²) in [6, 6.07) is 4.88. The Morgan fingerprint density at radius 3 is 2.45 bits per heavy atom. The van der Waals surface area contributed by atoms with Crippen molar-refractivity contribution in [3.63, 3.8) is 0 Å². The van der Waals surface area contributed by atoms with Crippen molar-refractivity contribution in [2.24, 2.45) is 0 Å². The lowest BCUT2D eigenvalue weighted by atomic mass is 9.96. The first-order valence-corrected chi connectivity index (χ1v) is 7.41. The van der Waals surface area contributed by atoms with Gasteiger partial charge in [-0.2, -0.15) is 0 Å². The van der Waals surface area contributed by atoms with Crippen molar-refractivity contribution in [2.75, 3.05) is 13.2 Å². The van der Waals surface area contributed by atoms with Crippen molar-refractivity contribution in [1.82, 2.24) is 5.32 Å². The van der Waals surface area contributed by atoms with Gasteiger partial charge in [0.25, 0.3) is 0 Å². The summed E-state index contributed by atoms with van der Waals surface area (Å²) >= 11 is 0. The normalized spacial score (nSPS) is 23.0. The minimum atomic E-state index is -0.439. The fourth-order valence-electron chi connectivity index (χ4n) is 2.73. The Morgan fingerprint density at radius 2 is 1.85 bits per heavy atom. The van der Waals surface area contributed by atoms with Crippen molar-refractivity contribution in [3.8, 4) is 0 Å². The van der Waals surface area contributed by atoms with Gasteiger partial charge < -0.3 is 14.8 Å². The number of ether oxygens (including phenoxy) is 2. The maximum absolute atomic E-state index is 5.82. The number of rotatable bonds is 4. The molecule has 1 fully saturated rings. The van der Waals surface area contributed by atoms with E-state index in [4.69, 9.17) is 9.47 Å². The van der Waals surface area contributed by atoms with E-state index in [1.54, 1.807) is 0 Å². The molecule has 0 radical (unpaired) electrons. The van der Waals surface area contributed by atoms with E-state index >= 15 is 0 Å².